The van der Waals surface area contributed by atoms with Gasteiger partial charge in [0.15, 0.2) is 0 Å². The lowest BCUT2D eigenvalue weighted by molar-refractivity contribution is -0.385. The summed E-state index contributed by atoms with van der Waals surface area (Å²) in [5.74, 6) is 1.03. The van der Waals surface area contributed by atoms with Gasteiger partial charge in [-0.3, -0.25) is 10.1 Å². The Balaban J connectivity index is 1.54. The van der Waals surface area contributed by atoms with Crippen LogP contribution in [-0.2, 0) is 5.41 Å². The Hall–Kier alpha value is -3.99. The van der Waals surface area contributed by atoms with Crippen molar-refractivity contribution < 1.29 is 4.92 Å². The number of rotatable bonds is 5. The molecule has 0 unspecified atom stereocenters. The topological polar surface area (TPSA) is 58.7 Å². The molecule has 0 aliphatic carbocycles. The molecule has 5 heteroatoms. The molecular formula is C27H23N3O2. The highest BCUT2D eigenvalue weighted by Gasteiger charge is 2.55. The summed E-state index contributed by atoms with van der Waals surface area (Å²) in [6.45, 7) is 2.96. The molecule has 2 aliphatic heterocycles. The van der Waals surface area contributed by atoms with E-state index >= 15 is 0 Å². The minimum atomic E-state index is -0.334. The van der Waals surface area contributed by atoms with Crippen LogP contribution in [0.25, 0.3) is 11.8 Å². The number of benzene rings is 3. The molecule has 1 fully saturated rings. The number of nitro groups is 1. The first-order chi connectivity index (χ1) is 15.6. The Morgan fingerprint density at radius 3 is 2.38 bits per heavy atom. The predicted octanol–water partition coefficient (Wildman–Crippen LogP) is 5.70. The molecule has 2 atom stereocenters. The summed E-state index contributed by atoms with van der Waals surface area (Å²) in [6, 6.07) is 27.5. The monoisotopic (exact) mass is 421 g/mol. The van der Waals surface area contributed by atoms with Gasteiger partial charge >= 0.3 is 0 Å². The molecule has 0 N–H and O–H groups in total. The van der Waals surface area contributed by atoms with Crippen molar-refractivity contribution >= 4 is 23.3 Å². The molecule has 158 valence electrons. The maximum atomic E-state index is 11.4. The summed E-state index contributed by atoms with van der Waals surface area (Å²) in [4.78, 5) is 18.4. The predicted molar refractivity (Wildman–Crippen MR) is 128 cm³/mol. The zero-order valence-electron chi connectivity index (χ0n) is 17.8. The van der Waals surface area contributed by atoms with E-state index in [1.165, 1.54) is 5.56 Å². The number of hydrogen-bond acceptors (Lipinski definition) is 4. The molecule has 0 saturated carbocycles. The van der Waals surface area contributed by atoms with Crippen LogP contribution in [0, 0.1) is 10.1 Å². The Morgan fingerprint density at radius 1 is 1.00 bits per heavy atom. The molecule has 2 aliphatic rings. The normalized spacial score (nSPS) is 22.0. The first kappa shape index (κ1) is 19.9. The van der Waals surface area contributed by atoms with Crippen molar-refractivity contribution in [1.82, 2.24) is 4.90 Å². The number of hydrogen-bond donors (Lipinski definition) is 0. The van der Waals surface area contributed by atoms with Crippen molar-refractivity contribution in [2.45, 2.75) is 18.4 Å². The smallest absolute Gasteiger partial charge is 0.276 e. The van der Waals surface area contributed by atoms with Crippen LogP contribution >= 0.6 is 0 Å². The summed E-state index contributed by atoms with van der Waals surface area (Å²) < 4.78 is 0. The van der Waals surface area contributed by atoms with Crippen LogP contribution in [-0.4, -0.2) is 28.2 Å². The minimum Gasteiger partial charge on any atom is -0.348 e. The van der Waals surface area contributed by atoms with Crippen molar-refractivity contribution in [3.8, 4) is 0 Å². The van der Waals surface area contributed by atoms with E-state index in [-0.39, 0.29) is 22.1 Å². The van der Waals surface area contributed by atoms with Crippen molar-refractivity contribution in [1.29, 1.82) is 0 Å². The van der Waals surface area contributed by atoms with Crippen LogP contribution < -0.4 is 0 Å². The molecule has 1 saturated heterocycles. The molecule has 5 nitrogen and oxygen atoms in total. The summed E-state index contributed by atoms with van der Waals surface area (Å²) in [5, 5.41) is 11.4. The lowest BCUT2D eigenvalue weighted by atomic mass is 9.66. The van der Waals surface area contributed by atoms with E-state index < -0.39 is 0 Å². The summed E-state index contributed by atoms with van der Waals surface area (Å²) in [5.41, 5.74) is 3.67. The van der Waals surface area contributed by atoms with Gasteiger partial charge in [0.1, 0.15) is 5.84 Å². The van der Waals surface area contributed by atoms with E-state index in [1.54, 1.807) is 18.2 Å². The second kappa shape index (κ2) is 7.93. The summed E-state index contributed by atoms with van der Waals surface area (Å²) in [7, 11) is 0. The quantitative estimate of drug-likeness (QED) is 0.392. The maximum absolute atomic E-state index is 11.4. The van der Waals surface area contributed by atoms with Gasteiger partial charge in [0.2, 0.25) is 0 Å². The second-order valence-corrected chi connectivity index (χ2v) is 8.23. The van der Waals surface area contributed by atoms with Crippen LogP contribution in [0.3, 0.4) is 0 Å². The zero-order chi connectivity index (χ0) is 22.1. The van der Waals surface area contributed by atoms with Gasteiger partial charge in [-0.25, -0.2) is 4.99 Å². The molecular weight excluding hydrogens is 398 g/mol. The minimum absolute atomic E-state index is 0.0389. The molecule has 0 bridgehead atoms. The second-order valence-electron chi connectivity index (χ2n) is 8.23. The van der Waals surface area contributed by atoms with Crippen LogP contribution in [0.4, 0.5) is 5.69 Å². The average Bonchev–Trinajstić information content (AvgIpc) is 2.84. The van der Waals surface area contributed by atoms with Gasteiger partial charge in [-0.15, -0.1) is 0 Å². The summed E-state index contributed by atoms with van der Waals surface area (Å²) >= 11 is 0. The molecule has 2 heterocycles. The molecule has 3 aromatic rings. The highest BCUT2D eigenvalue weighted by atomic mass is 16.6. The van der Waals surface area contributed by atoms with Gasteiger partial charge in [0.05, 0.1) is 27.6 Å². The Bertz CT molecular complexity index is 1250. The molecule has 0 radical (unpaired) electrons. The first-order valence-corrected chi connectivity index (χ1v) is 10.7. The lowest BCUT2D eigenvalue weighted by Crippen LogP contribution is -2.70. The number of aliphatic imine (C=N–C) groups is 1. The van der Waals surface area contributed by atoms with Crippen LogP contribution in [0.2, 0.25) is 0 Å². The van der Waals surface area contributed by atoms with Gasteiger partial charge in [-0.05, 0) is 30.2 Å². The zero-order valence-corrected chi connectivity index (χ0v) is 17.8. The Kier molecular flexibility index (Phi) is 4.94. The Labute approximate surface area is 187 Å². The third-order valence-corrected chi connectivity index (χ3v) is 6.41. The lowest BCUT2D eigenvalue weighted by Gasteiger charge is -2.58. The van der Waals surface area contributed by atoms with E-state index in [0.29, 0.717) is 5.56 Å². The van der Waals surface area contributed by atoms with E-state index in [0.717, 1.165) is 23.6 Å². The maximum Gasteiger partial charge on any atom is 0.276 e. The van der Waals surface area contributed by atoms with Gasteiger partial charge < -0.3 is 4.90 Å². The molecule has 0 aromatic heterocycles. The molecule has 5 rings (SSSR count). The third kappa shape index (κ3) is 3.23. The number of fused-ring (bicyclic) bond motifs is 1. The molecule has 0 spiro atoms. The Morgan fingerprint density at radius 2 is 1.66 bits per heavy atom. The van der Waals surface area contributed by atoms with Gasteiger partial charge in [-0.1, -0.05) is 84.9 Å². The molecule has 0 amide bonds. The van der Waals surface area contributed by atoms with E-state index in [9.17, 15) is 10.1 Å². The van der Waals surface area contributed by atoms with Gasteiger partial charge in [0.25, 0.3) is 5.69 Å². The fourth-order valence-corrected chi connectivity index (χ4v) is 4.69. The molecule has 32 heavy (non-hydrogen) atoms. The number of para-hydroxylation sites is 1. The number of nitro benzene ring substituents is 1. The van der Waals surface area contributed by atoms with Crippen LogP contribution in [0.5, 0.6) is 0 Å². The number of amidine groups is 1. The fourth-order valence-electron chi connectivity index (χ4n) is 4.69. The fraction of sp³-hybridized carbons (Fsp3) is 0.148. The standard InChI is InChI=1S/C27H23N3O2/c1-27(22-13-6-3-7-14-22)25(17-16-21-12-8-9-15-24(21)30(31)32)29-19-18-23(28-26(27)29)20-10-4-2-5-11-20/h2-18,25H,19H2,1H3/b17-16+/t25-,27-/m1/s1. The third-order valence-electron chi connectivity index (χ3n) is 6.41. The first-order valence-electron chi connectivity index (χ1n) is 10.7. The molecule has 3 aromatic carbocycles. The van der Waals surface area contributed by atoms with Crippen molar-refractivity contribution in [2.75, 3.05) is 6.54 Å². The SMILES string of the molecule is C[C@]1(c2ccccc2)C2=NC(c3ccccc3)=CCN2[C@@H]1/C=C/c1ccccc1[N+](=O)[O-]. The average molecular weight is 422 g/mol. The van der Waals surface area contributed by atoms with E-state index in [1.807, 2.05) is 48.5 Å². The van der Waals surface area contributed by atoms with Crippen molar-refractivity contribution in [2.24, 2.45) is 4.99 Å². The van der Waals surface area contributed by atoms with E-state index in [2.05, 4.69) is 48.2 Å². The highest BCUT2D eigenvalue weighted by Crippen LogP contribution is 2.46. The van der Waals surface area contributed by atoms with Crippen molar-refractivity contribution in [3.05, 3.63) is 124 Å². The largest absolute Gasteiger partial charge is 0.348 e. The van der Waals surface area contributed by atoms with Crippen LogP contribution in [0.1, 0.15) is 23.6 Å². The van der Waals surface area contributed by atoms with Gasteiger partial charge in [-0.2, -0.15) is 0 Å². The van der Waals surface area contributed by atoms with E-state index in [4.69, 9.17) is 4.99 Å². The van der Waals surface area contributed by atoms with Crippen molar-refractivity contribution in [3.63, 3.8) is 0 Å². The summed E-state index contributed by atoms with van der Waals surface area (Å²) in [6.07, 6.45) is 6.10. The van der Waals surface area contributed by atoms with Crippen LogP contribution in [0.15, 0.2) is 102 Å². The highest BCUT2D eigenvalue weighted by molar-refractivity contribution is 6.04. The van der Waals surface area contributed by atoms with Gasteiger partial charge in [0, 0.05) is 12.6 Å². The number of nitrogens with zero attached hydrogens (tertiary/aromatic N) is 3.